The molecule has 2 heterocycles. The number of carbonyl (C=O) groups is 2. The number of hydrogen-bond acceptors (Lipinski definition) is 6. The quantitative estimate of drug-likeness (QED) is 0.710. The van der Waals surface area contributed by atoms with E-state index in [-0.39, 0.29) is 23.9 Å². The van der Waals surface area contributed by atoms with E-state index in [0.717, 1.165) is 0 Å². The molecule has 30 heavy (non-hydrogen) atoms. The number of carbonyl (C=O) groups excluding carboxylic acids is 2. The van der Waals surface area contributed by atoms with Crippen molar-refractivity contribution in [3.05, 3.63) is 60.2 Å². The van der Waals surface area contributed by atoms with Crippen molar-refractivity contribution in [2.75, 3.05) is 31.1 Å². The lowest BCUT2D eigenvalue weighted by atomic mass is 10.1. The van der Waals surface area contributed by atoms with Crippen LogP contribution in [-0.4, -0.2) is 52.8 Å². The zero-order valence-electron chi connectivity index (χ0n) is 16.0. The van der Waals surface area contributed by atoms with Crippen molar-refractivity contribution in [2.24, 2.45) is 0 Å². The Morgan fingerprint density at radius 3 is 2.50 bits per heavy atom. The lowest BCUT2D eigenvalue weighted by Gasteiger charge is -2.23. The molecule has 2 amide bonds. The Labute approximate surface area is 174 Å². The average Bonchev–Trinajstić information content (AvgIpc) is 3.14. The van der Waals surface area contributed by atoms with Crippen LogP contribution in [0.2, 0.25) is 0 Å². The number of morpholine rings is 1. The predicted octanol–water partition coefficient (Wildman–Crippen LogP) is 1.18. The summed E-state index contributed by atoms with van der Waals surface area (Å²) in [7, 11) is -3.68. The van der Waals surface area contributed by atoms with Gasteiger partial charge >= 0.3 is 6.09 Å². The minimum Gasteiger partial charge on any atom is -0.443 e. The fourth-order valence-corrected chi connectivity index (χ4v) is 4.41. The number of ether oxygens (including phenoxy) is 2. The molecule has 0 saturated carbocycles. The van der Waals surface area contributed by atoms with E-state index in [2.05, 4.69) is 10.0 Å². The largest absolute Gasteiger partial charge is 0.443 e. The maximum atomic E-state index is 12.3. The van der Waals surface area contributed by atoms with E-state index in [0.29, 0.717) is 24.4 Å². The van der Waals surface area contributed by atoms with Crippen LogP contribution in [0.5, 0.6) is 0 Å². The summed E-state index contributed by atoms with van der Waals surface area (Å²) in [5, 5.41) is 2.75. The smallest absolute Gasteiger partial charge is 0.414 e. The summed E-state index contributed by atoms with van der Waals surface area (Å²) in [4.78, 5) is 25.7. The molecule has 2 atom stereocenters. The molecule has 2 aliphatic heterocycles. The molecular formula is C20H21N3O6S. The number of amides is 2. The maximum Gasteiger partial charge on any atom is 0.414 e. The summed E-state index contributed by atoms with van der Waals surface area (Å²) in [6, 6.07) is 14.9. The number of sulfonamides is 1. The zero-order valence-corrected chi connectivity index (χ0v) is 16.8. The van der Waals surface area contributed by atoms with E-state index in [1.807, 2.05) is 0 Å². The van der Waals surface area contributed by atoms with E-state index in [1.54, 1.807) is 42.5 Å². The van der Waals surface area contributed by atoms with Gasteiger partial charge in [-0.25, -0.2) is 17.9 Å². The molecule has 2 unspecified atom stereocenters. The number of nitrogens with zero attached hydrogens (tertiary/aromatic N) is 1. The molecule has 0 bridgehead atoms. The first-order valence-electron chi connectivity index (χ1n) is 9.46. The van der Waals surface area contributed by atoms with Crippen molar-refractivity contribution in [1.29, 1.82) is 0 Å². The van der Waals surface area contributed by atoms with E-state index in [4.69, 9.17) is 9.47 Å². The molecule has 2 aliphatic rings. The Hall–Kier alpha value is -2.95. The van der Waals surface area contributed by atoms with Crippen molar-refractivity contribution in [3.8, 4) is 0 Å². The SMILES string of the molecule is O=C1NCCOC1c1ccc(N2CC(CNS(=O)(=O)c3ccccc3)OC2=O)cc1. The fraction of sp³-hybridized carbons (Fsp3) is 0.300. The van der Waals surface area contributed by atoms with E-state index in [9.17, 15) is 18.0 Å². The molecule has 0 radical (unpaired) electrons. The number of benzene rings is 2. The van der Waals surface area contributed by atoms with E-state index in [1.165, 1.54) is 17.0 Å². The number of anilines is 1. The molecule has 10 heteroatoms. The van der Waals surface area contributed by atoms with Gasteiger partial charge in [-0.3, -0.25) is 9.69 Å². The van der Waals surface area contributed by atoms with Crippen LogP contribution in [-0.2, 0) is 24.3 Å². The summed E-state index contributed by atoms with van der Waals surface area (Å²) < 4.78 is 37.9. The number of rotatable bonds is 6. The van der Waals surface area contributed by atoms with Crippen LogP contribution in [0.25, 0.3) is 0 Å². The monoisotopic (exact) mass is 431 g/mol. The summed E-state index contributed by atoms with van der Waals surface area (Å²) in [5.41, 5.74) is 1.28. The highest BCUT2D eigenvalue weighted by Crippen LogP contribution is 2.26. The van der Waals surface area contributed by atoms with Gasteiger partial charge in [-0.05, 0) is 29.8 Å². The minimum absolute atomic E-state index is 0.0341. The lowest BCUT2D eigenvalue weighted by molar-refractivity contribution is -0.138. The highest BCUT2D eigenvalue weighted by Gasteiger charge is 2.33. The van der Waals surface area contributed by atoms with Gasteiger partial charge in [-0.1, -0.05) is 30.3 Å². The van der Waals surface area contributed by atoms with Crippen molar-refractivity contribution in [3.63, 3.8) is 0 Å². The van der Waals surface area contributed by atoms with Gasteiger partial charge in [0.2, 0.25) is 10.0 Å². The first kappa shape index (κ1) is 20.3. The number of cyclic esters (lactones) is 1. The summed E-state index contributed by atoms with van der Waals surface area (Å²) >= 11 is 0. The van der Waals surface area contributed by atoms with Crippen LogP contribution >= 0.6 is 0 Å². The van der Waals surface area contributed by atoms with Crippen LogP contribution in [0, 0.1) is 0 Å². The lowest BCUT2D eigenvalue weighted by Crippen LogP contribution is -2.39. The number of hydrogen-bond donors (Lipinski definition) is 2. The Morgan fingerprint density at radius 2 is 1.80 bits per heavy atom. The third kappa shape index (κ3) is 4.30. The van der Waals surface area contributed by atoms with Crippen molar-refractivity contribution in [2.45, 2.75) is 17.1 Å². The second-order valence-electron chi connectivity index (χ2n) is 6.91. The van der Waals surface area contributed by atoms with Gasteiger partial charge in [0.15, 0.2) is 6.10 Å². The molecule has 2 fully saturated rings. The molecule has 2 aromatic carbocycles. The molecule has 0 aromatic heterocycles. The van der Waals surface area contributed by atoms with Crippen LogP contribution in [0.4, 0.5) is 10.5 Å². The Kier molecular flexibility index (Phi) is 5.71. The molecular weight excluding hydrogens is 410 g/mol. The molecule has 2 aromatic rings. The molecule has 2 saturated heterocycles. The first-order valence-corrected chi connectivity index (χ1v) is 10.9. The van der Waals surface area contributed by atoms with Gasteiger partial charge in [0.05, 0.1) is 18.0 Å². The van der Waals surface area contributed by atoms with Crippen LogP contribution in [0.15, 0.2) is 59.5 Å². The van der Waals surface area contributed by atoms with Gasteiger partial charge in [0.1, 0.15) is 6.10 Å². The van der Waals surface area contributed by atoms with Crippen LogP contribution < -0.4 is 14.9 Å². The second kappa shape index (κ2) is 8.42. The highest BCUT2D eigenvalue weighted by atomic mass is 32.2. The van der Waals surface area contributed by atoms with Gasteiger partial charge in [0, 0.05) is 18.8 Å². The van der Waals surface area contributed by atoms with Crippen LogP contribution in [0.1, 0.15) is 11.7 Å². The van der Waals surface area contributed by atoms with E-state index >= 15 is 0 Å². The molecule has 9 nitrogen and oxygen atoms in total. The third-order valence-electron chi connectivity index (χ3n) is 4.86. The Balaban J connectivity index is 1.38. The van der Waals surface area contributed by atoms with Gasteiger partial charge in [-0.15, -0.1) is 0 Å². The maximum absolute atomic E-state index is 12.3. The van der Waals surface area contributed by atoms with Crippen molar-refractivity contribution >= 4 is 27.7 Å². The van der Waals surface area contributed by atoms with Crippen molar-refractivity contribution in [1.82, 2.24) is 10.0 Å². The minimum atomic E-state index is -3.68. The summed E-state index contributed by atoms with van der Waals surface area (Å²) in [6.45, 7) is 1.10. The molecule has 158 valence electrons. The fourth-order valence-electron chi connectivity index (χ4n) is 3.32. The Bertz CT molecular complexity index is 1030. The number of nitrogens with one attached hydrogen (secondary N) is 2. The zero-order chi connectivity index (χ0) is 21.1. The molecule has 4 rings (SSSR count). The summed E-state index contributed by atoms with van der Waals surface area (Å²) in [6.07, 6.45) is -1.85. The van der Waals surface area contributed by atoms with Crippen LogP contribution in [0.3, 0.4) is 0 Å². The standard InChI is InChI=1S/C20H21N3O6S/c24-19-18(28-11-10-21-19)14-6-8-15(9-7-14)23-13-16(29-20(23)25)12-22-30(26,27)17-4-2-1-3-5-17/h1-9,16,18,22H,10-13H2,(H,21,24). The molecule has 2 N–H and O–H groups in total. The average molecular weight is 431 g/mol. The molecule has 0 spiro atoms. The predicted molar refractivity (Wildman–Crippen MR) is 107 cm³/mol. The topological polar surface area (TPSA) is 114 Å². The van der Waals surface area contributed by atoms with Crippen molar-refractivity contribution < 1.29 is 27.5 Å². The van der Waals surface area contributed by atoms with Gasteiger partial charge in [0.25, 0.3) is 5.91 Å². The second-order valence-corrected chi connectivity index (χ2v) is 8.68. The molecule has 0 aliphatic carbocycles. The third-order valence-corrected chi connectivity index (χ3v) is 6.30. The summed E-state index contributed by atoms with van der Waals surface area (Å²) in [5.74, 6) is -0.194. The van der Waals surface area contributed by atoms with E-state index < -0.39 is 28.3 Å². The normalized spacial score (nSPS) is 21.9. The highest BCUT2D eigenvalue weighted by molar-refractivity contribution is 7.89. The van der Waals surface area contributed by atoms with Gasteiger partial charge in [-0.2, -0.15) is 0 Å². The Morgan fingerprint density at radius 1 is 1.07 bits per heavy atom. The first-order chi connectivity index (χ1) is 14.4. The van der Waals surface area contributed by atoms with Gasteiger partial charge < -0.3 is 14.8 Å².